The number of nitrogens with one attached hydrogen (secondary N) is 3. The second kappa shape index (κ2) is 8.65. The number of nitrogens with zero attached hydrogens (tertiary/aromatic N) is 6. The van der Waals surface area contributed by atoms with Gasteiger partial charge in [0.1, 0.15) is 17.7 Å². The van der Waals surface area contributed by atoms with Crippen LogP contribution in [0.4, 0.5) is 30.6 Å². The van der Waals surface area contributed by atoms with Crippen LogP contribution in [0.3, 0.4) is 0 Å². The second-order valence-corrected chi connectivity index (χ2v) is 7.63. The Kier molecular flexibility index (Phi) is 5.91. The summed E-state index contributed by atoms with van der Waals surface area (Å²) in [5.74, 6) is 0.349. The highest BCUT2D eigenvalue weighted by Crippen LogP contribution is 2.29. The molecule has 1 aliphatic rings. The van der Waals surface area contributed by atoms with Gasteiger partial charge in [-0.1, -0.05) is 18.2 Å². The number of likely N-dealkylation sites (tertiary alicyclic amines) is 1. The molecule has 1 atom stereocenters. The Morgan fingerprint density at radius 2 is 2.22 bits per heavy atom. The molecule has 1 amide bonds. The van der Waals surface area contributed by atoms with E-state index in [0.717, 1.165) is 17.5 Å². The molecule has 3 aromatic rings. The molecule has 4 heterocycles. The summed E-state index contributed by atoms with van der Waals surface area (Å²) >= 11 is 6.19. The van der Waals surface area contributed by atoms with E-state index in [1.54, 1.807) is 4.90 Å². The summed E-state index contributed by atoms with van der Waals surface area (Å²) in [6, 6.07) is -0.0981. The monoisotopic (exact) mass is 469 g/mol. The maximum atomic E-state index is 12.6. The molecule has 170 valence electrons. The average Bonchev–Trinajstić information content (AvgIpc) is 3.32. The Bertz CT molecular complexity index is 1140. The lowest BCUT2D eigenvalue weighted by Crippen LogP contribution is -2.44. The van der Waals surface area contributed by atoms with Crippen LogP contribution in [-0.4, -0.2) is 66.1 Å². The predicted octanol–water partition coefficient (Wildman–Crippen LogP) is 3.10. The number of fused-ring (bicyclic) bond motifs is 1. The van der Waals surface area contributed by atoms with E-state index in [2.05, 4.69) is 42.5 Å². The molecule has 0 aliphatic carbocycles. The van der Waals surface area contributed by atoms with Crippen LogP contribution >= 0.6 is 11.6 Å². The van der Waals surface area contributed by atoms with Crippen molar-refractivity contribution >= 4 is 46.0 Å². The fourth-order valence-corrected chi connectivity index (χ4v) is 3.72. The quantitative estimate of drug-likeness (QED) is 0.475. The molecule has 14 heteroatoms. The van der Waals surface area contributed by atoms with Crippen molar-refractivity contribution in [2.75, 3.05) is 23.7 Å². The van der Waals surface area contributed by atoms with Crippen LogP contribution < -0.4 is 10.6 Å². The van der Waals surface area contributed by atoms with Gasteiger partial charge in [0, 0.05) is 25.3 Å². The zero-order valence-electron chi connectivity index (χ0n) is 16.7. The number of aromatic amines is 1. The topological polar surface area (TPSA) is 117 Å². The number of carbonyl (C=O) groups excluding carboxylic acids is 1. The van der Waals surface area contributed by atoms with E-state index in [-0.39, 0.29) is 28.7 Å². The molecule has 0 radical (unpaired) electrons. The number of anilines is 3. The molecule has 3 aromatic heterocycles. The molecule has 1 aliphatic heterocycles. The number of halogens is 4. The normalized spacial score (nSPS) is 16.9. The molecule has 0 aromatic carbocycles. The van der Waals surface area contributed by atoms with Gasteiger partial charge in [-0.05, 0) is 18.9 Å². The minimum Gasteiger partial charge on any atom is -0.365 e. The Balaban J connectivity index is 1.57. The largest absolute Gasteiger partial charge is 0.408 e. The van der Waals surface area contributed by atoms with Gasteiger partial charge in [0.15, 0.2) is 10.8 Å². The van der Waals surface area contributed by atoms with Crippen LogP contribution in [0.15, 0.2) is 25.0 Å². The maximum absolute atomic E-state index is 12.6. The smallest absolute Gasteiger partial charge is 0.365 e. The molecule has 0 spiro atoms. The third-order valence-corrected chi connectivity index (χ3v) is 5.13. The van der Waals surface area contributed by atoms with Crippen molar-refractivity contribution in [1.82, 2.24) is 34.8 Å². The number of hydrogen-bond acceptors (Lipinski definition) is 7. The van der Waals surface area contributed by atoms with Crippen molar-refractivity contribution in [2.24, 2.45) is 0 Å². The molecule has 3 N–H and O–H groups in total. The van der Waals surface area contributed by atoms with Gasteiger partial charge in [0.05, 0.1) is 11.9 Å². The van der Waals surface area contributed by atoms with Crippen molar-refractivity contribution in [3.05, 3.63) is 30.2 Å². The van der Waals surface area contributed by atoms with Crippen molar-refractivity contribution in [3.63, 3.8) is 0 Å². The molecule has 0 bridgehead atoms. The van der Waals surface area contributed by atoms with Gasteiger partial charge in [0.25, 0.3) is 0 Å². The standard InChI is InChI=1S/C18H19ClF3N9O/c1-2-12(32)30-5-3-4-10(7-30)24-15-13-14(19)28-29-16(13)27-17(26-15)25-11-6-23-31(8-11)9-18(20,21)22/h2,6,8,10H,1,3-5,7,9H2,(H3,24,25,26,27,28,29). The first-order chi connectivity index (χ1) is 15.2. The van der Waals surface area contributed by atoms with Gasteiger partial charge in [-0.15, -0.1) is 0 Å². The summed E-state index contributed by atoms with van der Waals surface area (Å²) < 4.78 is 38.5. The minimum atomic E-state index is -4.39. The Labute approximate surface area is 184 Å². The van der Waals surface area contributed by atoms with E-state index in [4.69, 9.17) is 11.6 Å². The summed E-state index contributed by atoms with van der Waals surface area (Å²) in [6.07, 6.45) is 0.936. The fourth-order valence-electron chi connectivity index (χ4n) is 3.50. The summed E-state index contributed by atoms with van der Waals surface area (Å²) in [7, 11) is 0. The molecule has 1 saturated heterocycles. The Morgan fingerprint density at radius 3 is 2.97 bits per heavy atom. The van der Waals surface area contributed by atoms with Crippen LogP contribution in [0.25, 0.3) is 11.0 Å². The first-order valence-electron chi connectivity index (χ1n) is 9.67. The number of carbonyl (C=O) groups is 1. The lowest BCUT2D eigenvalue weighted by molar-refractivity contribution is -0.142. The van der Waals surface area contributed by atoms with Crippen LogP contribution in [-0.2, 0) is 11.3 Å². The second-order valence-electron chi connectivity index (χ2n) is 7.27. The first kappa shape index (κ1) is 21.9. The zero-order valence-corrected chi connectivity index (χ0v) is 17.4. The van der Waals surface area contributed by atoms with Crippen molar-refractivity contribution < 1.29 is 18.0 Å². The van der Waals surface area contributed by atoms with Gasteiger partial charge < -0.3 is 15.5 Å². The lowest BCUT2D eigenvalue weighted by Gasteiger charge is -2.32. The van der Waals surface area contributed by atoms with Crippen LogP contribution in [0, 0.1) is 0 Å². The van der Waals surface area contributed by atoms with E-state index >= 15 is 0 Å². The predicted molar refractivity (Wildman–Crippen MR) is 112 cm³/mol. The van der Waals surface area contributed by atoms with E-state index < -0.39 is 12.7 Å². The Hall–Kier alpha value is -3.35. The number of rotatable bonds is 6. The molecule has 4 rings (SSSR count). The average molecular weight is 470 g/mol. The van der Waals surface area contributed by atoms with Crippen molar-refractivity contribution in [1.29, 1.82) is 0 Å². The summed E-state index contributed by atoms with van der Waals surface area (Å²) in [5, 5.41) is 17.1. The van der Waals surface area contributed by atoms with Crippen molar-refractivity contribution in [2.45, 2.75) is 31.6 Å². The Morgan fingerprint density at radius 1 is 1.41 bits per heavy atom. The summed E-state index contributed by atoms with van der Waals surface area (Å²) in [6.45, 7) is 3.41. The molecular formula is C18H19ClF3N9O. The van der Waals surface area contributed by atoms with Gasteiger partial charge in [0.2, 0.25) is 11.9 Å². The van der Waals surface area contributed by atoms with Crippen molar-refractivity contribution in [3.8, 4) is 0 Å². The molecule has 10 nitrogen and oxygen atoms in total. The van der Waals surface area contributed by atoms with E-state index in [0.29, 0.717) is 29.9 Å². The van der Waals surface area contributed by atoms with Crippen LogP contribution in [0.5, 0.6) is 0 Å². The number of amides is 1. The lowest BCUT2D eigenvalue weighted by atomic mass is 10.1. The zero-order chi connectivity index (χ0) is 22.9. The number of H-pyrrole nitrogens is 1. The van der Waals surface area contributed by atoms with Gasteiger partial charge >= 0.3 is 6.18 Å². The number of alkyl halides is 3. The van der Waals surface area contributed by atoms with Crippen LogP contribution in [0.2, 0.25) is 5.15 Å². The number of aromatic nitrogens is 6. The van der Waals surface area contributed by atoms with E-state index in [1.807, 2.05) is 0 Å². The highest BCUT2D eigenvalue weighted by atomic mass is 35.5. The highest BCUT2D eigenvalue weighted by Gasteiger charge is 2.28. The summed E-state index contributed by atoms with van der Waals surface area (Å²) in [4.78, 5) is 22.4. The summed E-state index contributed by atoms with van der Waals surface area (Å²) in [5.41, 5.74) is 0.623. The van der Waals surface area contributed by atoms with Gasteiger partial charge in [-0.2, -0.15) is 33.3 Å². The molecular weight excluding hydrogens is 451 g/mol. The third-order valence-electron chi connectivity index (χ3n) is 4.85. The maximum Gasteiger partial charge on any atom is 0.408 e. The fraction of sp³-hybridized carbons (Fsp3) is 0.389. The molecule has 1 fully saturated rings. The minimum absolute atomic E-state index is 0.0981. The third kappa shape index (κ3) is 4.93. The number of piperidine rings is 1. The SMILES string of the molecule is C=CC(=O)N1CCCC(Nc2nc(Nc3cnn(CC(F)(F)F)c3)nc3[nH]nc(Cl)c23)C1. The van der Waals surface area contributed by atoms with Gasteiger partial charge in [-0.3, -0.25) is 14.6 Å². The van der Waals surface area contributed by atoms with Gasteiger partial charge in [-0.25, -0.2) is 0 Å². The van der Waals surface area contributed by atoms with E-state index in [9.17, 15) is 18.0 Å². The molecule has 32 heavy (non-hydrogen) atoms. The number of hydrogen-bond donors (Lipinski definition) is 3. The molecule has 1 unspecified atom stereocenters. The first-order valence-corrected chi connectivity index (χ1v) is 10.1. The molecule has 0 saturated carbocycles. The highest BCUT2D eigenvalue weighted by molar-refractivity contribution is 6.35. The van der Waals surface area contributed by atoms with E-state index in [1.165, 1.54) is 18.5 Å². The van der Waals surface area contributed by atoms with Crippen LogP contribution in [0.1, 0.15) is 12.8 Å².